The first kappa shape index (κ1) is 32.8. The molecule has 51 heavy (non-hydrogen) atoms. The van der Waals surface area contributed by atoms with Gasteiger partial charge >= 0.3 is 0 Å². The number of aryl methyl sites for hydroxylation is 1. The van der Waals surface area contributed by atoms with Crippen molar-refractivity contribution in [2.75, 3.05) is 0 Å². The van der Waals surface area contributed by atoms with Crippen LogP contribution in [0.1, 0.15) is 84.7 Å². The molecule has 0 heterocycles. The van der Waals surface area contributed by atoms with E-state index in [9.17, 15) is 0 Å². The van der Waals surface area contributed by atoms with Gasteiger partial charge in [-0.05, 0) is 107 Å². The molecule has 5 aromatic carbocycles. The number of hydrogen-bond donors (Lipinski definition) is 0. The van der Waals surface area contributed by atoms with E-state index in [2.05, 4.69) is 151 Å². The molecular weight excluding hydrogens is 619 g/mol. The van der Waals surface area contributed by atoms with Crippen LogP contribution in [0.25, 0.3) is 28.0 Å². The van der Waals surface area contributed by atoms with E-state index in [1.165, 1.54) is 76.4 Å². The van der Waals surface area contributed by atoms with E-state index in [1.807, 2.05) is 0 Å². The van der Waals surface area contributed by atoms with Crippen LogP contribution in [0.2, 0.25) is 0 Å². The second kappa shape index (κ2) is 14.8. The second-order valence-electron chi connectivity index (χ2n) is 14.2. The van der Waals surface area contributed by atoms with Crippen LogP contribution in [0, 0.1) is 0 Å². The summed E-state index contributed by atoms with van der Waals surface area (Å²) < 4.78 is 0. The molecule has 3 nitrogen and oxygen atoms in total. The van der Waals surface area contributed by atoms with E-state index < -0.39 is 0 Å². The molecule has 5 aromatic rings. The monoisotopic (exact) mass is 663 g/mol. The molecule has 3 aliphatic carbocycles. The lowest BCUT2D eigenvalue weighted by Crippen LogP contribution is -2.30. The summed E-state index contributed by atoms with van der Waals surface area (Å²) in [5.41, 5.74) is 11.4. The van der Waals surface area contributed by atoms with Crippen LogP contribution < -0.4 is 0 Å². The largest absolute Gasteiger partial charge is 0.261 e. The quantitative estimate of drug-likeness (QED) is 0.123. The van der Waals surface area contributed by atoms with E-state index >= 15 is 0 Å². The average molecular weight is 664 g/mol. The van der Waals surface area contributed by atoms with Crippen molar-refractivity contribution in [2.24, 2.45) is 15.0 Å². The smallest absolute Gasteiger partial charge is 0.161 e. The van der Waals surface area contributed by atoms with Crippen molar-refractivity contribution in [2.45, 2.75) is 69.7 Å². The Bertz CT molecular complexity index is 2200. The van der Waals surface area contributed by atoms with Gasteiger partial charge in [0.2, 0.25) is 0 Å². The number of hydrogen-bond acceptors (Lipinski definition) is 1. The minimum Gasteiger partial charge on any atom is -0.261 e. The van der Waals surface area contributed by atoms with E-state index in [-0.39, 0.29) is 5.41 Å². The van der Waals surface area contributed by atoms with Crippen molar-refractivity contribution in [1.82, 2.24) is 0 Å². The van der Waals surface area contributed by atoms with Crippen molar-refractivity contribution in [3.63, 3.8) is 0 Å². The summed E-state index contributed by atoms with van der Waals surface area (Å²) in [5.74, 6) is 1.29. The molecule has 252 valence electrons. The summed E-state index contributed by atoms with van der Waals surface area (Å²) >= 11 is 0. The number of amidine groups is 2. The van der Waals surface area contributed by atoms with E-state index in [1.54, 1.807) is 0 Å². The number of aliphatic imine (C=N–C) groups is 3. The molecule has 0 bridgehead atoms. The molecule has 0 unspecified atom stereocenters. The average Bonchev–Trinajstić information content (AvgIpc) is 3.21. The molecule has 0 amide bonds. The molecule has 3 aliphatic rings. The lowest BCUT2D eigenvalue weighted by molar-refractivity contribution is 0.346. The van der Waals surface area contributed by atoms with Crippen LogP contribution in [0.5, 0.6) is 0 Å². The molecule has 1 fully saturated rings. The first-order chi connectivity index (χ1) is 25.2. The lowest BCUT2D eigenvalue weighted by Gasteiger charge is -2.39. The Morgan fingerprint density at radius 1 is 0.647 bits per heavy atom. The summed E-state index contributed by atoms with van der Waals surface area (Å²) in [7, 11) is 0. The third kappa shape index (κ3) is 6.99. The van der Waals surface area contributed by atoms with E-state index in [0.717, 1.165) is 42.2 Å². The molecule has 0 atom stereocenters. The van der Waals surface area contributed by atoms with Crippen molar-refractivity contribution in [1.29, 1.82) is 0 Å². The molecule has 8 rings (SSSR count). The topological polar surface area (TPSA) is 37.1 Å². The Labute approximate surface area is 302 Å². The van der Waals surface area contributed by atoms with Gasteiger partial charge in [-0.15, -0.1) is 0 Å². The SMILES string of the molecule is C=NC(=NC(=NCc1ccc(C2(c3ccc(-c4ccc5c(c4)C=CCC5)cc3)CCCCC2)cc1)C1=CCCC=C1)c1ccc2ccccc2c1. The van der Waals surface area contributed by atoms with Crippen molar-refractivity contribution in [3.05, 3.63) is 172 Å². The zero-order valence-corrected chi connectivity index (χ0v) is 29.4. The number of fused-ring (bicyclic) bond motifs is 2. The predicted molar refractivity (Wildman–Crippen MR) is 217 cm³/mol. The zero-order valence-electron chi connectivity index (χ0n) is 29.4. The lowest BCUT2D eigenvalue weighted by atomic mass is 9.65. The standard InChI is InChI=1S/C48H45N3/c1-49-46(43-23-21-37-13-7-9-17-41(37)33-43)51-47(39-14-4-2-5-15-39)50-34-35-18-26-44(27-19-35)48(30-10-3-11-31-48)45-28-24-38(25-29-45)42-22-20-36-12-6-8-16-40(36)32-42/h4,7-9,13-29,32-33H,1-3,5-6,10-12,30-31,34H2. The highest BCUT2D eigenvalue weighted by Crippen LogP contribution is 2.45. The van der Waals surface area contributed by atoms with Crippen molar-refractivity contribution in [3.8, 4) is 11.1 Å². The summed E-state index contributed by atoms with van der Waals surface area (Å²) in [6, 6.07) is 40.3. The number of nitrogens with zero attached hydrogens (tertiary/aromatic N) is 3. The Balaban J connectivity index is 1.06. The molecule has 3 heteroatoms. The van der Waals surface area contributed by atoms with Gasteiger partial charge in [-0.25, -0.2) is 9.98 Å². The fraction of sp³-hybridized carbons (Fsp3) is 0.229. The molecule has 0 saturated heterocycles. The maximum atomic E-state index is 5.09. The summed E-state index contributed by atoms with van der Waals surface area (Å²) in [4.78, 5) is 14.5. The van der Waals surface area contributed by atoms with Gasteiger partial charge in [0.15, 0.2) is 11.7 Å². The zero-order chi connectivity index (χ0) is 34.5. The third-order valence-electron chi connectivity index (χ3n) is 11.0. The van der Waals surface area contributed by atoms with Gasteiger partial charge in [-0.2, -0.15) is 0 Å². The van der Waals surface area contributed by atoms with Crippen LogP contribution in [0.15, 0.2) is 154 Å². The van der Waals surface area contributed by atoms with Crippen LogP contribution >= 0.6 is 0 Å². The van der Waals surface area contributed by atoms with E-state index in [4.69, 9.17) is 9.98 Å². The van der Waals surface area contributed by atoms with Crippen LogP contribution in [0.4, 0.5) is 0 Å². The molecule has 0 aliphatic heterocycles. The highest BCUT2D eigenvalue weighted by atomic mass is 15.0. The van der Waals surface area contributed by atoms with Crippen molar-refractivity contribution < 1.29 is 0 Å². The number of benzene rings is 5. The van der Waals surface area contributed by atoms with Crippen molar-refractivity contribution >= 4 is 35.2 Å². The molecule has 1 saturated carbocycles. The van der Waals surface area contributed by atoms with Gasteiger partial charge in [-0.3, -0.25) is 4.99 Å². The molecule has 0 N–H and O–H groups in total. The fourth-order valence-electron chi connectivity index (χ4n) is 8.17. The predicted octanol–water partition coefficient (Wildman–Crippen LogP) is 12.0. The Morgan fingerprint density at radius 3 is 2.16 bits per heavy atom. The molecular formula is C48H45N3. The Kier molecular flexibility index (Phi) is 9.53. The first-order valence-electron chi connectivity index (χ1n) is 18.6. The minimum absolute atomic E-state index is 0.0364. The number of rotatable bonds is 7. The highest BCUT2D eigenvalue weighted by Gasteiger charge is 2.35. The normalized spacial score (nSPS) is 17.2. The summed E-state index contributed by atoms with van der Waals surface area (Å²) in [5, 5.41) is 2.34. The number of allylic oxidation sites excluding steroid dienone is 3. The summed E-state index contributed by atoms with van der Waals surface area (Å²) in [6.45, 7) is 4.43. The van der Waals surface area contributed by atoms with Crippen LogP contribution in [-0.4, -0.2) is 18.4 Å². The minimum atomic E-state index is 0.0364. The van der Waals surface area contributed by atoms with Gasteiger partial charge in [0.05, 0.1) is 6.54 Å². The Hall–Kier alpha value is -5.41. The maximum absolute atomic E-state index is 5.09. The highest BCUT2D eigenvalue weighted by molar-refractivity contribution is 6.14. The fourth-order valence-corrected chi connectivity index (χ4v) is 8.17. The van der Waals surface area contributed by atoms with Gasteiger partial charge in [-0.1, -0.05) is 147 Å². The second-order valence-corrected chi connectivity index (χ2v) is 14.2. The maximum Gasteiger partial charge on any atom is 0.161 e. The van der Waals surface area contributed by atoms with Gasteiger partial charge in [0.1, 0.15) is 0 Å². The first-order valence-corrected chi connectivity index (χ1v) is 18.6. The molecule has 0 radical (unpaired) electrons. The van der Waals surface area contributed by atoms with E-state index in [0.29, 0.717) is 18.2 Å². The van der Waals surface area contributed by atoms with Crippen LogP contribution in [-0.2, 0) is 18.4 Å². The van der Waals surface area contributed by atoms with Gasteiger partial charge < -0.3 is 0 Å². The van der Waals surface area contributed by atoms with Gasteiger partial charge in [0, 0.05) is 16.6 Å². The third-order valence-corrected chi connectivity index (χ3v) is 11.0. The Morgan fingerprint density at radius 2 is 1.39 bits per heavy atom. The summed E-state index contributed by atoms with van der Waals surface area (Å²) in [6.07, 6.45) is 21.6. The molecule has 0 aromatic heterocycles. The van der Waals surface area contributed by atoms with Gasteiger partial charge in [0.25, 0.3) is 0 Å². The van der Waals surface area contributed by atoms with Crippen LogP contribution in [0.3, 0.4) is 0 Å². The molecule has 0 spiro atoms.